The summed E-state index contributed by atoms with van der Waals surface area (Å²) >= 11 is 1.81. The number of rotatable bonds is 5. The van der Waals surface area contributed by atoms with Crippen molar-refractivity contribution in [3.05, 3.63) is 98.4 Å². The SMILES string of the molecule is Cc1ccccc1NC(=O)Cn1c2c(sc1=O)[C@@H](c1ccco1)[C@@H]1C(=O)N(c3cccc(C(F)(F)F)c3)C(=O)[C@@H]1S2. The number of thiazole rings is 1. The number of para-hydroxylation sites is 1. The number of benzene rings is 2. The standard InChI is InChI=1S/C28H20F3N3O5S2/c1-14-6-2-3-9-17(14)32-19(35)13-33-26-23(41-27(33)38)20(18-10-5-11-39-18)21-22(40-26)25(37)34(24(21)36)16-8-4-7-15(12-16)28(29,30)31/h2-12,20-22H,13H2,1H3,(H,32,35)/t20-,21-,22+/m0/s1. The molecule has 0 saturated carbocycles. The fraction of sp³-hybridized carbons (Fsp3) is 0.214. The van der Waals surface area contributed by atoms with Crippen LogP contribution >= 0.6 is 23.1 Å². The van der Waals surface area contributed by atoms with Gasteiger partial charge in [0, 0.05) is 5.69 Å². The lowest BCUT2D eigenvalue weighted by Crippen LogP contribution is -2.32. The largest absolute Gasteiger partial charge is 0.469 e. The number of hydrogen-bond acceptors (Lipinski definition) is 7. The van der Waals surface area contributed by atoms with Crippen LogP contribution < -0.4 is 15.1 Å². The number of amides is 3. The molecule has 0 radical (unpaired) electrons. The average molecular weight is 600 g/mol. The monoisotopic (exact) mass is 599 g/mol. The summed E-state index contributed by atoms with van der Waals surface area (Å²) in [5.41, 5.74) is 0.235. The topological polar surface area (TPSA) is 102 Å². The summed E-state index contributed by atoms with van der Waals surface area (Å²) in [7, 11) is 0. The minimum Gasteiger partial charge on any atom is -0.469 e. The van der Waals surface area contributed by atoms with Crippen LogP contribution in [0.15, 0.2) is 81.2 Å². The predicted octanol–water partition coefficient (Wildman–Crippen LogP) is 5.26. The number of nitrogens with zero attached hydrogens (tertiary/aromatic N) is 2. The van der Waals surface area contributed by atoms with Crippen molar-refractivity contribution in [2.24, 2.45) is 5.92 Å². The highest BCUT2D eigenvalue weighted by molar-refractivity contribution is 8.00. The average Bonchev–Trinajstić information content (AvgIpc) is 3.62. The van der Waals surface area contributed by atoms with Gasteiger partial charge in [-0.3, -0.25) is 23.7 Å². The Morgan fingerprint density at radius 3 is 2.51 bits per heavy atom. The van der Waals surface area contributed by atoms with Crippen LogP contribution in [0.1, 0.15) is 27.7 Å². The molecule has 2 aromatic carbocycles. The molecule has 3 amide bonds. The summed E-state index contributed by atoms with van der Waals surface area (Å²) in [4.78, 5) is 54.3. The zero-order valence-corrected chi connectivity index (χ0v) is 22.8. The van der Waals surface area contributed by atoms with Crippen LogP contribution in [0.5, 0.6) is 0 Å². The Labute approximate surface area is 238 Å². The highest BCUT2D eigenvalue weighted by atomic mass is 32.2. The third-order valence-electron chi connectivity index (χ3n) is 7.05. The number of nitrogens with one attached hydrogen (secondary N) is 1. The number of furan rings is 1. The highest BCUT2D eigenvalue weighted by Crippen LogP contribution is 2.54. The summed E-state index contributed by atoms with van der Waals surface area (Å²) < 4.78 is 47.1. The quantitative estimate of drug-likeness (QED) is 0.314. The zero-order chi connectivity index (χ0) is 29.1. The van der Waals surface area contributed by atoms with E-state index in [0.717, 1.165) is 51.8 Å². The van der Waals surface area contributed by atoms with E-state index in [1.165, 1.54) is 16.9 Å². The number of fused-ring (bicyclic) bond motifs is 2. The number of hydrogen-bond donors (Lipinski definition) is 1. The van der Waals surface area contributed by atoms with Gasteiger partial charge >= 0.3 is 11.0 Å². The van der Waals surface area contributed by atoms with Crippen molar-refractivity contribution >= 4 is 52.2 Å². The summed E-state index contributed by atoms with van der Waals surface area (Å²) in [5.74, 6) is -3.42. The van der Waals surface area contributed by atoms with Crippen molar-refractivity contribution in [2.75, 3.05) is 10.2 Å². The molecule has 0 unspecified atom stereocenters. The lowest BCUT2D eigenvalue weighted by atomic mass is 9.87. The lowest BCUT2D eigenvalue weighted by Gasteiger charge is -2.29. The summed E-state index contributed by atoms with van der Waals surface area (Å²) in [6.45, 7) is 1.49. The third kappa shape index (κ3) is 4.68. The van der Waals surface area contributed by atoms with E-state index < -0.39 is 51.4 Å². The molecule has 41 heavy (non-hydrogen) atoms. The molecule has 4 aromatic rings. The highest BCUT2D eigenvalue weighted by Gasteiger charge is 2.57. The van der Waals surface area contributed by atoms with E-state index in [1.807, 2.05) is 19.1 Å². The van der Waals surface area contributed by atoms with Gasteiger partial charge in [-0.1, -0.05) is 47.4 Å². The van der Waals surface area contributed by atoms with Crippen molar-refractivity contribution in [3.8, 4) is 0 Å². The Hall–Kier alpha value is -4.10. The molecule has 1 saturated heterocycles. The molecule has 4 heterocycles. The molecule has 0 aliphatic carbocycles. The first kappa shape index (κ1) is 27.1. The Morgan fingerprint density at radius 2 is 1.80 bits per heavy atom. The van der Waals surface area contributed by atoms with Crippen molar-refractivity contribution < 1.29 is 32.0 Å². The molecule has 2 aromatic heterocycles. The molecular weight excluding hydrogens is 579 g/mol. The molecule has 2 aliphatic rings. The number of halogens is 3. The maximum absolute atomic E-state index is 13.8. The van der Waals surface area contributed by atoms with Gasteiger partial charge in [0.05, 0.1) is 39.3 Å². The fourth-order valence-corrected chi connectivity index (χ4v) is 7.91. The normalized spacial score (nSPS) is 20.2. The first-order chi connectivity index (χ1) is 19.5. The van der Waals surface area contributed by atoms with Gasteiger partial charge in [0.25, 0.3) is 0 Å². The van der Waals surface area contributed by atoms with Crippen molar-refractivity contribution in [1.82, 2.24) is 4.57 Å². The second-order valence-corrected chi connectivity index (χ2v) is 11.7. The Balaban J connectivity index is 1.39. The summed E-state index contributed by atoms with van der Waals surface area (Å²) in [6.07, 6.45) is -3.27. The van der Waals surface area contributed by atoms with E-state index in [9.17, 15) is 32.3 Å². The molecule has 0 spiro atoms. The molecule has 1 fully saturated rings. The minimum absolute atomic E-state index is 0.193. The Kier molecular flexibility index (Phi) is 6.65. The Morgan fingerprint density at radius 1 is 1.02 bits per heavy atom. The number of aryl methyl sites for hydroxylation is 1. The number of carbonyl (C=O) groups is 3. The number of aromatic nitrogens is 1. The molecule has 1 N–H and O–H groups in total. The van der Waals surface area contributed by atoms with Crippen LogP contribution in [0.3, 0.4) is 0 Å². The number of thioether (sulfide) groups is 1. The smallest absolute Gasteiger partial charge is 0.416 e. The fourth-order valence-electron chi connectivity index (χ4n) is 5.15. The number of alkyl halides is 3. The lowest BCUT2D eigenvalue weighted by molar-refractivity contribution is -0.137. The first-order valence-corrected chi connectivity index (χ1v) is 14.1. The second kappa shape index (κ2) is 10.1. The zero-order valence-electron chi connectivity index (χ0n) is 21.2. The second-order valence-electron chi connectivity index (χ2n) is 9.60. The van der Waals surface area contributed by atoms with E-state index in [2.05, 4.69) is 5.32 Å². The van der Waals surface area contributed by atoms with Gasteiger partial charge in [-0.25, -0.2) is 4.90 Å². The number of imide groups is 1. The van der Waals surface area contributed by atoms with Gasteiger partial charge in [-0.15, -0.1) is 0 Å². The molecule has 0 bridgehead atoms. The van der Waals surface area contributed by atoms with Gasteiger partial charge in [-0.05, 0) is 48.9 Å². The molecule has 210 valence electrons. The van der Waals surface area contributed by atoms with Crippen LogP contribution in [0.2, 0.25) is 0 Å². The van der Waals surface area contributed by atoms with Crippen molar-refractivity contribution in [1.29, 1.82) is 0 Å². The van der Waals surface area contributed by atoms with Crippen LogP contribution in [-0.2, 0) is 27.1 Å². The summed E-state index contributed by atoms with van der Waals surface area (Å²) in [6, 6.07) is 14.4. The molecule has 3 atom stereocenters. The van der Waals surface area contributed by atoms with Gasteiger partial charge < -0.3 is 9.73 Å². The molecule has 13 heteroatoms. The number of anilines is 2. The van der Waals surface area contributed by atoms with E-state index in [0.29, 0.717) is 21.4 Å². The predicted molar refractivity (Wildman–Crippen MR) is 146 cm³/mol. The van der Waals surface area contributed by atoms with E-state index in [-0.39, 0.29) is 12.2 Å². The van der Waals surface area contributed by atoms with E-state index >= 15 is 0 Å². The van der Waals surface area contributed by atoms with E-state index in [4.69, 9.17) is 4.42 Å². The minimum atomic E-state index is -4.67. The van der Waals surface area contributed by atoms with Crippen molar-refractivity contribution in [3.63, 3.8) is 0 Å². The van der Waals surface area contributed by atoms with Gasteiger partial charge in [-0.2, -0.15) is 13.2 Å². The molecular formula is C28H20F3N3O5S2. The molecule has 2 aliphatic heterocycles. The number of carbonyl (C=O) groups excluding carboxylic acids is 3. The van der Waals surface area contributed by atoms with Crippen LogP contribution in [0, 0.1) is 12.8 Å². The Bertz CT molecular complexity index is 1740. The van der Waals surface area contributed by atoms with Crippen molar-refractivity contribution in [2.45, 2.75) is 35.8 Å². The van der Waals surface area contributed by atoms with Crippen LogP contribution in [-0.4, -0.2) is 27.5 Å². The van der Waals surface area contributed by atoms with Gasteiger partial charge in [0.2, 0.25) is 17.7 Å². The van der Waals surface area contributed by atoms with Crippen LogP contribution in [0.25, 0.3) is 0 Å². The van der Waals surface area contributed by atoms with Crippen LogP contribution in [0.4, 0.5) is 24.5 Å². The molecule has 6 rings (SSSR count). The maximum atomic E-state index is 13.8. The van der Waals surface area contributed by atoms with Gasteiger partial charge in [0.1, 0.15) is 17.6 Å². The summed E-state index contributed by atoms with van der Waals surface area (Å²) in [5, 5.41) is 2.07. The molecule has 8 nitrogen and oxygen atoms in total. The third-order valence-corrected chi connectivity index (χ3v) is 9.66. The maximum Gasteiger partial charge on any atom is 0.416 e. The first-order valence-electron chi connectivity index (χ1n) is 12.4. The van der Waals surface area contributed by atoms with Gasteiger partial charge in [0.15, 0.2) is 0 Å². The van der Waals surface area contributed by atoms with E-state index in [1.54, 1.807) is 24.3 Å².